The second-order valence-electron chi connectivity index (χ2n) is 3.39. The van der Waals surface area contributed by atoms with E-state index >= 15 is 0 Å². The lowest BCUT2D eigenvalue weighted by molar-refractivity contribution is 0.113. The van der Waals surface area contributed by atoms with Gasteiger partial charge in [-0.2, -0.15) is 0 Å². The zero-order chi connectivity index (χ0) is 10.2. The molecule has 1 aromatic rings. The van der Waals surface area contributed by atoms with Crippen molar-refractivity contribution in [3.63, 3.8) is 0 Å². The molecule has 0 saturated carbocycles. The van der Waals surface area contributed by atoms with E-state index in [2.05, 4.69) is 17.2 Å². The van der Waals surface area contributed by atoms with E-state index in [-0.39, 0.29) is 0 Å². The molecule has 0 fully saturated rings. The molecule has 0 radical (unpaired) electrons. The van der Waals surface area contributed by atoms with Crippen molar-refractivity contribution >= 4 is 0 Å². The summed E-state index contributed by atoms with van der Waals surface area (Å²) in [7, 11) is 1.96. The molecule has 0 aliphatic carbocycles. The Morgan fingerprint density at radius 2 is 2.43 bits per heavy atom. The fourth-order valence-electron chi connectivity index (χ4n) is 1.08. The standard InChI is InChI=1S/C11H18N2O/c1-10(12-2)5-7-14-9-11-4-3-6-13-8-11/h3-4,6,8,10,12H,5,7,9H2,1-2H3/t10-/m1/s1. The second-order valence-corrected chi connectivity index (χ2v) is 3.39. The maximum Gasteiger partial charge on any atom is 0.0731 e. The molecule has 1 aromatic heterocycles. The van der Waals surface area contributed by atoms with Gasteiger partial charge >= 0.3 is 0 Å². The van der Waals surface area contributed by atoms with E-state index in [0.29, 0.717) is 12.6 Å². The van der Waals surface area contributed by atoms with Crippen molar-refractivity contribution in [2.24, 2.45) is 0 Å². The Labute approximate surface area is 85.5 Å². The third-order valence-corrected chi connectivity index (χ3v) is 2.18. The predicted molar refractivity (Wildman–Crippen MR) is 57.0 cm³/mol. The van der Waals surface area contributed by atoms with Gasteiger partial charge in [0.1, 0.15) is 0 Å². The quantitative estimate of drug-likeness (QED) is 0.698. The monoisotopic (exact) mass is 194 g/mol. The normalized spacial score (nSPS) is 12.7. The maximum atomic E-state index is 5.51. The molecule has 0 aliphatic heterocycles. The summed E-state index contributed by atoms with van der Waals surface area (Å²) < 4.78 is 5.51. The summed E-state index contributed by atoms with van der Waals surface area (Å²) in [6.07, 6.45) is 4.64. The number of hydrogen-bond donors (Lipinski definition) is 1. The van der Waals surface area contributed by atoms with Crippen LogP contribution in [0.25, 0.3) is 0 Å². The Morgan fingerprint density at radius 1 is 1.57 bits per heavy atom. The number of aromatic nitrogens is 1. The van der Waals surface area contributed by atoms with Crippen LogP contribution < -0.4 is 5.32 Å². The van der Waals surface area contributed by atoms with E-state index in [4.69, 9.17) is 4.74 Å². The molecule has 14 heavy (non-hydrogen) atoms. The van der Waals surface area contributed by atoms with E-state index in [1.54, 1.807) is 6.20 Å². The number of nitrogens with zero attached hydrogens (tertiary/aromatic N) is 1. The van der Waals surface area contributed by atoms with Crippen molar-refractivity contribution in [3.05, 3.63) is 30.1 Å². The van der Waals surface area contributed by atoms with Gasteiger partial charge in [0, 0.05) is 25.0 Å². The molecule has 0 unspecified atom stereocenters. The molecule has 0 saturated heterocycles. The highest BCUT2D eigenvalue weighted by molar-refractivity contribution is 5.06. The lowest BCUT2D eigenvalue weighted by Crippen LogP contribution is -2.22. The summed E-state index contributed by atoms with van der Waals surface area (Å²) in [6, 6.07) is 4.47. The molecule has 0 bridgehead atoms. The van der Waals surface area contributed by atoms with Crippen LogP contribution in [0, 0.1) is 0 Å². The Morgan fingerprint density at radius 3 is 3.07 bits per heavy atom. The van der Waals surface area contributed by atoms with Crippen molar-refractivity contribution in [2.75, 3.05) is 13.7 Å². The predicted octanol–water partition coefficient (Wildman–Crippen LogP) is 1.60. The van der Waals surface area contributed by atoms with Gasteiger partial charge in [-0.05, 0) is 32.0 Å². The zero-order valence-electron chi connectivity index (χ0n) is 8.86. The molecule has 1 rings (SSSR count). The first-order valence-electron chi connectivity index (χ1n) is 4.97. The molecular weight excluding hydrogens is 176 g/mol. The van der Waals surface area contributed by atoms with Crippen LogP contribution in [0.15, 0.2) is 24.5 Å². The van der Waals surface area contributed by atoms with E-state index in [1.165, 1.54) is 0 Å². The molecular formula is C11H18N2O. The summed E-state index contributed by atoms with van der Waals surface area (Å²) in [6.45, 7) is 3.59. The minimum Gasteiger partial charge on any atom is -0.377 e. The summed E-state index contributed by atoms with van der Waals surface area (Å²) in [5.41, 5.74) is 1.13. The SMILES string of the molecule is CN[C@H](C)CCOCc1cccnc1. The summed E-state index contributed by atoms with van der Waals surface area (Å²) in [4.78, 5) is 4.02. The third kappa shape index (κ3) is 4.35. The van der Waals surface area contributed by atoms with Crippen LogP contribution >= 0.6 is 0 Å². The number of pyridine rings is 1. The molecule has 0 aliphatic rings. The van der Waals surface area contributed by atoms with Gasteiger partial charge in [0.15, 0.2) is 0 Å². The average Bonchev–Trinajstić information content (AvgIpc) is 2.25. The summed E-state index contributed by atoms with van der Waals surface area (Å²) in [5.74, 6) is 0. The first-order chi connectivity index (χ1) is 6.83. The van der Waals surface area contributed by atoms with Crippen LogP contribution in [-0.2, 0) is 11.3 Å². The van der Waals surface area contributed by atoms with Gasteiger partial charge < -0.3 is 10.1 Å². The topological polar surface area (TPSA) is 34.1 Å². The van der Waals surface area contributed by atoms with Gasteiger partial charge in [0.05, 0.1) is 6.61 Å². The Balaban J connectivity index is 2.10. The minimum absolute atomic E-state index is 0.517. The lowest BCUT2D eigenvalue weighted by atomic mass is 10.2. The van der Waals surface area contributed by atoms with E-state index in [9.17, 15) is 0 Å². The van der Waals surface area contributed by atoms with Crippen LogP contribution in [-0.4, -0.2) is 24.7 Å². The lowest BCUT2D eigenvalue weighted by Gasteiger charge is -2.09. The van der Waals surface area contributed by atoms with E-state index in [0.717, 1.165) is 18.6 Å². The number of rotatable bonds is 6. The minimum atomic E-state index is 0.517. The fraction of sp³-hybridized carbons (Fsp3) is 0.545. The smallest absolute Gasteiger partial charge is 0.0731 e. The molecule has 78 valence electrons. The maximum absolute atomic E-state index is 5.51. The van der Waals surface area contributed by atoms with E-state index < -0.39 is 0 Å². The molecule has 3 heteroatoms. The molecule has 3 nitrogen and oxygen atoms in total. The molecule has 1 N–H and O–H groups in total. The van der Waals surface area contributed by atoms with Gasteiger partial charge in [0.2, 0.25) is 0 Å². The van der Waals surface area contributed by atoms with Crippen molar-refractivity contribution < 1.29 is 4.74 Å². The van der Waals surface area contributed by atoms with Crippen LogP contribution in [0.3, 0.4) is 0 Å². The first-order valence-corrected chi connectivity index (χ1v) is 4.97. The fourth-order valence-corrected chi connectivity index (χ4v) is 1.08. The Kier molecular flexibility index (Phi) is 5.19. The summed E-state index contributed by atoms with van der Waals surface area (Å²) >= 11 is 0. The highest BCUT2D eigenvalue weighted by Gasteiger charge is 1.97. The van der Waals surface area contributed by atoms with Gasteiger partial charge in [0.25, 0.3) is 0 Å². The Bertz CT molecular complexity index is 238. The third-order valence-electron chi connectivity index (χ3n) is 2.18. The van der Waals surface area contributed by atoms with E-state index in [1.807, 2.05) is 25.4 Å². The molecule has 1 heterocycles. The highest BCUT2D eigenvalue weighted by atomic mass is 16.5. The largest absolute Gasteiger partial charge is 0.377 e. The molecule has 0 spiro atoms. The number of nitrogens with one attached hydrogen (secondary N) is 1. The zero-order valence-corrected chi connectivity index (χ0v) is 8.86. The van der Waals surface area contributed by atoms with Crippen LogP contribution in [0.4, 0.5) is 0 Å². The highest BCUT2D eigenvalue weighted by Crippen LogP contribution is 1.99. The second kappa shape index (κ2) is 6.51. The first kappa shape index (κ1) is 11.1. The van der Waals surface area contributed by atoms with Crippen molar-refractivity contribution in [2.45, 2.75) is 26.0 Å². The van der Waals surface area contributed by atoms with Gasteiger partial charge in [-0.15, -0.1) is 0 Å². The number of ether oxygens (including phenoxy) is 1. The van der Waals surface area contributed by atoms with Crippen LogP contribution in [0.2, 0.25) is 0 Å². The van der Waals surface area contributed by atoms with Crippen molar-refractivity contribution in [3.8, 4) is 0 Å². The molecule has 1 atom stereocenters. The van der Waals surface area contributed by atoms with Gasteiger partial charge in [-0.25, -0.2) is 0 Å². The molecule has 0 aromatic carbocycles. The van der Waals surface area contributed by atoms with Gasteiger partial charge in [-0.1, -0.05) is 6.07 Å². The summed E-state index contributed by atoms with van der Waals surface area (Å²) in [5, 5.41) is 3.17. The van der Waals surface area contributed by atoms with Gasteiger partial charge in [-0.3, -0.25) is 4.98 Å². The van der Waals surface area contributed by atoms with Crippen LogP contribution in [0.1, 0.15) is 18.9 Å². The van der Waals surface area contributed by atoms with Crippen LogP contribution in [0.5, 0.6) is 0 Å². The Hall–Kier alpha value is -0.930. The average molecular weight is 194 g/mol. The number of hydrogen-bond acceptors (Lipinski definition) is 3. The van der Waals surface area contributed by atoms with Crippen molar-refractivity contribution in [1.29, 1.82) is 0 Å². The molecule has 0 amide bonds. The van der Waals surface area contributed by atoms with Crippen molar-refractivity contribution in [1.82, 2.24) is 10.3 Å².